The number of nitrogens with one attached hydrogen (secondary N) is 3. The van der Waals surface area contributed by atoms with Crippen LogP contribution in [0.15, 0.2) is 53.5 Å². The summed E-state index contributed by atoms with van der Waals surface area (Å²) in [6, 6.07) is 16.9. The minimum Gasteiger partial charge on any atom is -0.357 e. The molecule has 1 saturated heterocycles. The van der Waals surface area contributed by atoms with Crippen molar-refractivity contribution in [1.29, 1.82) is 0 Å². The van der Waals surface area contributed by atoms with E-state index in [4.69, 9.17) is 4.99 Å². The molecule has 0 saturated carbocycles. The zero-order chi connectivity index (χ0) is 22.9. The maximum absolute atomic E-state index is 12.1. The Morgan fingerprint density at radius 3 is 2.48 bits per heavy atom. The summed E-state index contributed by atoms with van der Waals surface area (Å²) in [6.07, 6.45) is 5.88. The van der Waals surface area contributed by atoms with Crippen LogP contribution in [0.25, 0.3) is 0 Å². The molecule has 6 nitrogen and oxygen atoms in total. The van der Waals surface area contributed by atoms with Gasteiger partial charge in [0.2, 0.25) is 5.91 Å². The first kappa shape index (κ1) is 23.3. The molecule has 0 aliphatic carbocycles. The standard InChI is InChI=1S/C27H37N5O/c1-2-28-27(30-19-23-17-26(33)31-25-10-6-5-9-24(23)25)29-18-21-11-13-22(14-12-21)20-32-15-7-3-4-8-16-32/h5-6,9-14,23H,2-4,7-8,15-20H2,1H3,(H,31,33)(H2,28,29,30). The largest absolute Gasteiger partial charge is 0.357 e. The highest BCUT2D eigenvalue weighted by Gasteiger charge is 2.24. The fourth-order valence-electron chi connectivity index (χ4n) is 4.72. The number of rotatable bonds is 7. The summed E-state index contributed by atoms with van der Waals surface area (Å²) in [7, 11) is 0. The van der Waals surface area contributed by atoms with Gasteiger partial charge >= 0.3 is 0 Å². The van der Waals surface area contributed by atoms with Gasteiger partial charge in [0.1, 0.15) is 0 Å². The number of amides is 1. The molecule has 2 aliphatic rings. The summed E-state index contributed by atoms with van der Waals surface area (Å²) in [6.45, 7) is 7.64. The van der Waals surface area contributed by atoms with Crippen LogP contribution in [0.4, 0.5) is 5.69 Å². The van der Waals surface area contributed by atoms with Crippen LogP contribution < -0.4 is 16.0 Å². The summed E-state index contributed by atoms with van der Waals surface area (Å²) in [4.78, 5) is 19.5. The van der Waals surface area contributed by atoms with Crippen molar-refractivity contribution in [2.75, 3.05) is 31.5 Å². The van der Waals surface area contributed by atoms with E-state index in [0.29, 0.717) is 19.5 Å². The minimum atomic E-state index is 0.0719. The Hall–Kier alpha value is -2.86. The smallest absolute Gasteiger partial charge is 0.225 e. The van der Waals surface area contributed by atoms with Gasteiger partial charge in [-0.1, -0.05) is 55.3 Å². The minimum absolute atomic E-state index is 0.0719. The van der Waals surface area contributed by atoms with Gasteiger partial charge < -0.3 is 16.0 Å². The number of hydrogen-bond donors (Lipinski definition) is 3. The Kier molecular flexibility index (Phi) is 8.36. The third-order valence-electron chi connectivity index (χ3n) is 6.51. The molecule has 0 spiro atoms. The molecule has 176 valence electrons. The fourth-order valence-corrected chi connectivity index (χ4v) is 4.72. The second-order valence-electron chi connectivity index (χ2n) is 9.12. The van der Waals surface area contributed by atoms with Crippen LogP contribution in [-0.4, -0.2) is 42.9 Å². The number of carbonyl (C=O) groups is 1. The summed E-state index contributed by atoms with van der Waals surface area (Å²) in [5, 5.41) is 9.74. The van der Waals surface area contributed by atoms with Gasteiger partial charge in [0, 0.05) is 37.7 Å². The maximum Gasteiger partial charge on any atom is 0.225 e. The maximum atomic E-state index is 12.1. The van der Waals surface area contributed by atoms with Crippen LogP contribution in [0.1, 0.15) is 61.6 Å². The second-order valence-corrected chi connectivity index (χ2v) is 9.12. The molecule has 33 heavy (non-hydrogen) atoms. The number of hydrogen-bond acceptors (Lipinski definition) is 3. The van der Waals surface area contributed by atoms with E-state index in [9.17, 15) is 4.79 Å². The molecule has 1 atom stereocenters. The number of likely N-dealkylation sites (tertiary alicyclic amines) is 1. The summed E-state index contributed by atoms with van der Waals surface area (Å²) in [5.74, 6) is 0.995. The fraction of sp³-hybridized carbons (Fsp3) is 0.481. The van der Waals surface area contributed by atoms with Gasteiger partial charge in [-0.2, -0.15) is 0 Å². The third-order valence-corrected chi connectivity index (χ3v) is 6.51. The molecule has 1 unspecified atom stereocenters. The molecule has 0 bridgehead atoms. The van der Waals surface area contributed by atoms with Crippen LogP contribution in [0, 0.1) is 0 Å². The van der Waals surface area contributed by atoms with E-state index in [-0.39, 0.29) is 11.8 Å². The van der Waals surface area contributed by atoms with E-state index in [1.807, 2.05) is 18.2 Å². The lowest BCUT2D eigenvalue weighted by Gasteiger charge is -2.26. The van der Waals surface area contributed by atoms with Crippen molar-refractivity contribution in [3.8, 4) is 0 Å². The van der Waals surface area contributed by atoms with Gasteiger partial charge in [-0.3, -0.25) is 9.69 Å². The average Bonchev–Trinajstić information content (AvgIpc) is 3.10. The molecule has 2 aromatic rings. The Labute approximate surface area is 197 Å². The lowest BCUT2D eigenvalue weighted by atomic mass is 9.90. The van der Waals surface area contributed by atoms with Gasteiger partial charge in [0.05, 0.1) is 6.54 Å². The van der Waals surface area contributed by atoms with Gasteiger partial charge in [-0.25, -0.2) is 4.99 Å². The van der Waals surface area contributed by atoms with Gasteiger partial charge in [-0.05, 0) is 55.6 Å². The number of para-hydroxylation sites is 1. The molecule has 1 fully saturated rings. The second kappa shape index (κ2) is 11.8. The van der Waals surface area contributed by atoms with E-state index in [1.165, 1.54) is 55.5 Å². The van der Waals surface area contributed by atoms with Crippen LogP contribution in [-0.2, 0) is 17.9 Å². The normalized spacial score (nSPS) is 19.4. The number of guanidine groups is 1. The molecule has 2 heterocycles. The molecule has 0 radical (unpaired) electrons. The Bertz CT molecular complexity index is 932. The quantitative estimate of drug-likeness (QED) is 0.439. The van der Waals surface area contributed by atoms with Crippen molar-refractivity contribution < 1.29 is 4.79 Å². The zero-order valence-electron chi connectivity index (χ0n) is 19.8. The number of carbonyl (C=O) groups excluding carboxylic acids is 1. The first-order valence-corrected chi connectivity index (χ1v) is 12.4. The molecule has 2 aliphatic heterocycles. The van der Waals surface area contributed by atoms with Gasteiger partial charge in [0.25, 0.3) is 0 Å². The topological polar surface area (TPSA) is 68.8 Å². The van der Waals surface area contributed by atoms with Crippen molar-refractivity contribution in [3.05, 3.63) is 65.2 Å². The van der Waals surface area contributed by atoms with Gasteiger partial charge in [0.15, 0.2) is 5.96 Å². The number of aliphatic imine (C=N–C) groups is 1. The number of benzene rings is 2. The summed E-state index contributed by atoms with van der Waals surface area (Å²) < 4.78 is 0. The molecule has 0 aromatic heterocycles. The zero-order valence-corrected chi connectivity index (χ0v) is 19.8. The highest BCUT2D eigenvalue weighted by atomic mass is 16.1. The van der Waals surface area contributed by atoms with Crippen LogP contribution in [0.5, 0.6) is 0 Å². The predicted octanol–water partition coefficient (Wildman–Crippen LogP) is 4.24. The number of fused-ring (bicyclic) bond motifs is 1. The number of anilines is 1. The van der Waals surface area contributed by atoms with Crippen molar-refractivity contribution in [3.63, 3.8) is 0 Å². The van der Waals surface area contributed by atoms with E-state index >= 15 is 0 Å². The lowest BCUT2D eigenvalue weighted by Crippen LogP contribution is -2.40. The van der Waals surface area contributed by atoms with Crippen LogP contribution in [0.3, 0.4) is 0 Å². The van der Waals surface area contributed by atoms with Crippen molar-refractivity contribution in [1.82, 2.24) is 15.5 Å². The van der Waals surface area contributed by atoms with E-state index in [2.05, 4.69) is 58.1 Å². The number of nitrogens with zero attached hydrogens (tertiary/aromatic N) is 2. The Morgan fingerprint density at radius 1 is 1.00 bits per heavy atom. The molecule has 4 rings (SSSR count). The molecule has 3 N–H and O–H groups in total. The highest BCUT2D eigenvalue weighted by Crippen LogP contribution is 2.31. The van der Waals surface area contributed by atoms with E-state index in [1.54, 1.807) is 0 Å². The van der Waals surface area contributed by atoms with Crippen molar-refractivity contribution in [2.45, 2.75) is 58.0 Å². The Morgan fingerprint density at radius 2 is 1.73 bits per heavy atom. The first-order chi connectivity index (χ1) is 16.2. The third kappa shape index (κ3) is 6.81. The Balaban J connectivity index is 1.33. The molecular weight excluding hydrogens is 410 g/mol. The van der Waals surface area contributed by atoms with Gasteiger partial charge in [-0.15, -0.1) is 0 Å². The van der Waals surface area contributed by atoms with Crippen molar-refractivity contribution >= 4 is 17.6 Å². The molecular formula is C27H37N5O. The molecule has 2 aromatic carbocycles. The predicted molar refractivity (Wildman–Crippen MR) is 135 cm³/mol. The summed E-state index contributed by atoms with van der Waals surface area (Å²) >= 11 is 0. The van der Waals surface area contributed by atoms with Crippen LogP contribution >= 0.6 is 0 Å². The lowest BCUT2D eigenvalue weighted by molar-refractivity contribution is -0.116. The first-order valence-electron chi connectivity index (χ1n) is 12.4. The highest BCUT2D eigenvalue weighted by molar-refractivity contribution is 5.94. The average molecular weight is 448 g/mol. The van der Waals surface area contributed by atoms with Crippen molar-refractivity contribution in [2.24, 2.45) is 4.99 Å². The monoisotopic (exact) mass is 447 g/mol. The summed E-state index contributed by atoms with van der Waals surface area (Å²) in [5.41, 5.74) is 4.68. The van der Waals surface area contributed by atoms with Crippen LogP contribution in [0.2, 0.25) is 0 Å². The van der Waals surface area contributed by atoms with E-state index in [0.717, 1.165) is 24.7 Å². The SMILES string of the molecule is CCNC(=NCc1ccc(CN2CCCCCC2)cc1)NCC1CC(=O)Nc2ccccc21. The molecule has 6 heteroatoms. The molecule has 1 amide bonds. The van der Waals surface area contributed by atoms with E-state index < -0.39 is 0 Å².